The van der Waals surface area contributed by atoms with E-state index < -0.39 is 4.30 Å². The van der Waals surface area contributed by atoms with Gasteiger partial charge in [0, 0.05) is 0 Å². The summed E-state index contributed by atoms with van der Waals surface area (Å²) in [6.45, 7) is 7.32. The molecule has 0 atom stereocenters. The second-order valence-corrected chi connectivity index (χ2v) is 4.30. The molecule has 0 unspecified atom stereocenters. The van der Waals surface area contributed by atoms with E-state index in [-0.39, 0.29) is 0 Å². The van der Waals surface area contributed by atoms with Gasteiger partial charge >= 0.3 is 0 Å². The average Bonchev–Trinajstić information content (AvgIpc) is 2.17. The van der Waals surface area contributed by atoms with Crippen LogP contribution in [0, 0.1) is 0 Å². The monoisotopic (exact) mass is 248 g/mol. The summed E-state index contributed by atoms with van der Waals surface area (Å²) in [5.41, 5.74) is 2.29. The Morgan fingerprint density at radius 2 is 1.07 bits per heavy atom. The lowest BCUT2D eigenvalue weighted by Gasteiger charge is -1.92. The number of hydrogen-bond donors (Lipinski definition) is 0. The molecule has 0 aliphatic carbocycles. The van der Waals surface area contributed by atoms with E-state index in [2.05, 4.69) is 13.2 Å². The highest BCUT2D eigenvalue weighted by Crippen LogP contribution is 2.05. The van der Waals surface area contributed by atoms with E-state index in [9.17, 15) is 0 Å². The van der Waals surface area contributed by atoms with Crippen LogP contribution in [0.4, 0.5) is 0 Å². The van der Waals surface area contributed by atoms with Crippen molar-refractivity contribution >= 4 is 47.0 Å². The molecule has 0 aliphatic heterocycles. The highest BCUT2D eigenvalue weighted by atomic mass is 35.6. The molecular formula is C11H11Cl3. The fourth-order valence-electron chi connectivity index (χ4n) is 0.768. The first kappa shape index (κ1) is 13.6. The van der Waals surface area contributed by atoms with Crippen molar-refractivity contribution in [2.24, 2.45) is 0 Å². The van der Waals surface area contributed by atoms with Crippen LogP contribution < -0.4 is 0 Å². The Hall–Kier alpha value is -0.430. The molecule has 3 heteroatoms. The van der Waals surface area contributed by atoms with Crippen molar-refractivity contribution in [2.75, 3.05) is 0 Å². The van der Waals surface area contributed by atoms with E-state index >= 15 is 0 Å². The largest absolute Gasteiger partial charge is 0.180 e. The van der Waals surface area contributed by atoms with E-state index in [4.69, 9.17) is 34.8 Å². The van der Waals surface area contributed by atoms with Crippen LogP contribution in [0.15, 0.2) is 37.4 Å². The molecule has 1 aromatic rings. The van der Waals surface area contributed by atoms with E-state index in [0.717, 1.165) is 11.1 Å². The van der Waals surface area contributed by atoms with Crippen molar-refractivity contribution in [1.82, 2.24) is 0 Å². The molecule has 0 bridgehead atoms. The molecule has 0 saturated carbocycles. The molecule has 0 nitrogen and oxygen atoms in total. The Kier molecular flexibility index (Phi) is 7.68. The van der Waals surface area contributed by atoms with Crippen molar-refractivity contribution in [3.8, 4) is 0 Å². The first-order chi connectivity index (χ1) is 6.60. The lowest BCUT2D eigenvalue weighted by molar-refractivity contribution is 1.63. The highest BCUT2D eigenvalue weighted by molar-refractivity contribution is 6.63. The quantitative estimate of drug-likeness (QED) is 0.650. The van der Waals surface area contributed by atoms with Gasteiger partial charge in [-0.05, 0) is 11.1 Å². The van der Waals surface area contributed by atoms with Crippen LogP contribution in [0.1, 0.15) is 11.1 Å². The fraction of sp³-hybridized carbons (Fsp3) is 0.0909. The molecule has 76 valence electrons. The molecular weight excluding hydrogens is 238 g/mol. The second-order valence-electron chi connectivity index (χ2n) is 2.32. The summed E-state index contributed by atoms with van der Waals surface area (Å²) in [5.74, 6) is 0. The summed E-state index contributed by atoms with van der Waals surface area (Å²) in [6, 6.07) is 8.07. The maximum Gasteiger partial charge on any atom is 0.180 e. The smallest absolute Gasteiger partial charge is 0.0985 e. The zero-order valence-electron chi connectivity index (χ0n) is 7.59. The Morgan fingerprint density at radius 3 is 1.21 bits per heavy atom. The molecule has 0 saturated heterocycles. The van der Waals surface area contributed by atoms with Gasteiger partial charge in [0.05, 0.1) is 0 Å². The van der Waals surface area contributed by atoms with Crippen molar-refractivity contribution in [3.05, 3.63) is 48.6 Å². The molecule has 1 aromatic carbocycles. The van der Waals surface area contributed by atoms with Crippen LogP contribution >= 0.6 is 34.8 Å². The third-order valence-electron chi connectivity index (χ3n) is 1.41. The van der Waals surface area contributed by atoms with Crippen molar-refractivity contribution in [2.45, 2.75) is 4.30 Å². The summed E-state index contributed by atoms with van der Waals surface area (Å²) in [4.78, 5) is 0. The van der Waals surface area contributed by atoms with Gasteiger partial charge in [0.25, 0.3) is 0 Å². The molecule has 1 rings (SSSR count). The van der Waals surface area contributed by atoms with Gasteiger partial charge in [-0.15, -0.1) is 0 Å². The van der Waals surface area contributed by atoms with Crippen molar-refractivity contribution in [3.63, 3.8) is 0 Å². The maximum atomic E-state index is 4.81. The second kappa shape index (κ2) is 7.93. The Labute approximate surface area is 99.8 Å². The van der Waals surface area contributed by atoms with Crippen molar-refractivity contribution < 1.29 is 0 Å². The first-order valence-electron chi connectivity index (χ1n) is 3.87. The molecule has 0 spiro atoms. The lowest BCUT2D eigenvalue weighted by atomic mass is 10.1. The minimum atomic E-state index is -0.750. The maximum absolute atomic E-state index is 4.81. The van der Waals surface area contributed by atoms with Gasteiger partial charge in [0.1, 0.15) is 0 Å². The van der Waals surface area contributed by atoms with E-state index in [1.807, 2.05) is 36.4 Å². The standard InChI is InChI=1S/C10H10.CHCl3/c1-3-9-5-7-10(4-2)8-6-9;2-1(3)4/h3-8H,1-2H2;1H. The van der Waals surface area contributed by atoms with E-state index in [1.54, 1.807) is 0 Å². The Balaban J connectivity index is 0.000000364. The third-order valence-corrected chi connectivity index (χ3v) is 1.41. The van der Waals surface area contributed by atoms with Crippen LogP contribution in [0.2, 0.25) is 0 Å². The van der Waals surface area contributed by atoms with Gasteiger partial charge in [-0.1, -0.05) is 84.4 Å². The number of benzene rings is 1. The number of hydrogen-bond acceptors (Lipinski definition) is 0. The van der Waals surface area contributed by atoms with Crippen LogP contribution in [-0.2, 0) is 0 Å². The number of halogens is 3. The minimum absolute atomic E-state index is 0.750. The fourth-order valence-corrected chi connectivity index (χ4v) is 0.768. The van der Waals surface area contributed by atoms with Gasteiger partial charge in [0.2, 0.25) is 0 Å². The molecule has 0 radical (unpaired) electrons. The highest BCUT2D eigenvalue weighted by Gasteiger charge is 1.84. The Bertz CT molecular complexity index is 245. The summed E-state index contributed by atoms with van der Waals surface area (Å²) in [7, 11) is 0. The molecule has 0 aliphatic rings. The topological polar surface area (TPSA) is 0 Å². The first-order valence-corrected chi connectivity index (χ1v) is 5.18. The summed E-state index contributed by atoms with van der Waals surface area (Å²) < 4.78 is -0.750. The zero-order chi connectivity index (χ0) is 11.0. The van der Waals surface area contributed by atoms with Crippen LogP contribution in [-0.4, -0.2) is 4.30 Å². The summed E-state index contributed by atoms with van der Waals surface area (Å²) in [6.07, 6.45) is 3.65. The predicted octanol–water partition coefficient (Wildman–Crippen LogP) is 4.96. The normalized spacial score (nSPS) is 8.86. The number of rotatable bonds is 2. The van der Waals surface area contributed by atoms with Crippen molar-refractivity contribution in [1.29, 1.82) is 0 Å². The molecule has 0 fully saturated rings. The average molecular weight is 250 g/mol. The van der Waals surface area contributed by atoms with Gasteiger partial charge in [0.15, 0.2) is 4.30 Å². The van der Waals surface area contributed by atoms with Crippen LogP contribution in [0.25, 0.3) is 12.2 Å². The minimum Gasteiger partial charge on any atom is -0.0985 e. The molecule has 14 heavy (non-hydrogen) atoms. The predicted molar refractivity (Wildman–Crippen MR) is 68.0 cm³/mol. The molecule has 0 N–H and O–H groups in total. The molecule has 0 amide bonds. The molecule has 0 heterocycles. The third kappa shape index (κ3) is 7.02. The van der Waals surface area contributed by atoms with Gasteiger partial charge < -0.3 is 0 Å². The number of alkyl halides is 3. The van der Waals surface area contributed by atoms with Crippen LogP contribution in [0.3, 0.4) is 0 Å². The van der Waals surface area contributed by atoms with E-state index in [1.165, 1.54) is 0 Å². The lowest BCUT2D eigenvalue weighted by Crippen LogP contribution is -1.71. The van der Waals surface area contributed by atoms with Gasteiger partial charge in [-0.3, -0.25) is 0 Å². The van der Waals surface area contributed by atoms with E-state index in [0.29, 0.717) is 0 Å². The SMILES string of the molecule is C=Cc1ccc(C=C)cc1.ClC(Cl)Cl. The summed E-state index contributed by atoms with van der Waals surface area (Å²) in [5, 5.41) is 0. The van der Waals surface area contributed by atoms with Gasteiger partial charge in [-0.2, -0.15) is 0 Å². The van der Waals surface area contributed by atoms with Gasteiger partial charge in [-0.25, -0.2) is 0 Å². The molecule has 0 aromatic heterocycles. The zero-order valence-corrected chi connectivity index (χ0v) is 9.86. The summed E-state index contributed by atoms with van der Waals surface area (Å²) >= 11 is 14.4. The Morgan fingerprint density at radius 1 is 0.857 bits per heavy atom. The van der Waals surface area contributed by atoms with Crippen LogP contribution in [0.5, 0.6) is 0 Å².